The second-order valence-electron chi connectivity index (χ2n) is 4.08. The number of carbonyl (C=O) groups excluding carboxylic acids is 1. The molecule has 0 radical (unpaired) electrons. The number of rotatable bonds is 9. The summed E-state index contributed by atoms with van der Waals surface area (Å²) in [4.78, 5) is 22.8. The van der Waals surface area contributed by atoms with Gasteiger partial charge in [0.15, 0.2) is 6.29 Å². The molecule has 0 aliphatic heterocycles. The molecule has 0 aliphatic carbocycles. The molecule has 0 saturated heterocycles. The molecule has 0 saturated carbocycles. The number of hydrogen-bond donors (Lipinski definition) is 1. The zero-order valence-corrected chi connectivity index (χ0v) is 10.7. The zero-order valence-electron chi connectivity index (χ0n) is 9.85. The number of carbonyl (C=O) groups is 2. The highest BCUT2D eigenvalue weighted by atomic mass is 32.1. The van der Waals surface area contributed by atoms with Gasteiger partial charge in [0, 0.05) is 11.3 Å². The largest absolute Gasteiger partial charge is 0.481 e. The van der Waals surface area contributed by atoms with Crippen LogP contribution in [0.3, 0.4) is 0 Å². The van der Waals surface area contributed by atoms with Gasteiger partial charge in [0.2, 0.25) is 0 Å². The lowest BCUT2D eigenvalue weighted by Crippen LogP contribution is -1.93. The molecule has 0 fully saturated rings. The first-order chi connectivity index (χ1) is 8.22. The maximum Gasteiger partial charge on any atom is 0.303 e. The van der Waals surface area contributed by atoms with Gasteiger partial charge in [0.1, 0.15) is 0 Å². The van der Waals surface area contributed by atoms with Gasteiger partial charge in [-0.15, -0.1) is 11.3 Å². The number of carboxylic acids is 1. The second-order valence-corrected chi connectivity index (χ2v) is 5.28. The Bertz CT molecular complexity index is 357. The minimum Gasteiger partial charge on any atom is -0.481 e. The van der Waals surface area contributed by atoms with Gasteiger partial charge in [-0.3, -0.25) is 9.59 Å². The third-order valence-corrected chi connectivity index (χ3v) is 3.68. The molecule has 4 heteroatoms. The maximum atomic E-state index is 10.5. The lowest BCUT2D eigenvalue weighted by molar-refractivity contribution is -0.137. The third-order valence-electron chi connectivity index (χ3n) is 2.61. The molecule has 0 aliphatic rings. The second kappa shape index (κ2) is 8.01. The zero-order chi connectivity index (χ0) is 12.5. The summed E-state index contributed by atoms with van der Waals surface area (Å²) in [5.74, 6) is -0.704. The smallest absolute Gasteiger partial charge is 0.303 e. The lowest BCUT2D eigenvalue weighted by Gasteiger charge is -1.99. The van der Waals surface area contributed by atoms with Crippen molar-refractivity contribution in [2.75, 3.05) is 0 Å². The van der Waals surface area contributed by atoms with E-state index >= 15 is 0 Å². The fraction of sp³-hybridized carbons (Fsp3) is 0.538. The molecule has 1 aromatic heterocycles. The third kappa shape index (κ3) is 6.22. The van der Waals surface area contributed by atoms with Gasteiger partial charge in [-0.2, -0.15) is 0 Å². The van der Waals surface area contributed by atoms with Crippen LogP contribution >= 0.6 is 11.3 Å². The SMILES string of the molecule is O=Cc1ccc(CCCCCCCC(=O)O)s1. The van der Waals surface area contributed by atoms with Gasteiger partial charge in [-0.05, 0) is 31.4 Å². The van der Waals surface area contributed by atoms with Crippen molar-refractivity contribution in [3.8, 4) is 0 Å². The van der Waals surface area contributed by atoms with Crippen LogP contribution in [0.15, 0.2) is 12.1 Å². The van der Waals surface area contributed by atoms with Gasteiger partial charge in [0.05, 0.1) is 4.88 Å². The van der Waals surface area contributed by atoms with E-state index in [4.69, 9.17) is 5.11 Å². The molecule has 17 heavy (non-hydrogen) atoms. The molecule has 94 valence electrons. The highest BCUT2D eigenvalue weighted by Crippen LogP contribution is 2.17. The fourth-order valence-corrected chi connectivity index (χ4v) is 2.57. The van der Waals surface area contributed by atoms with Crippen LogP contribution in [0.2, 0.25) is 0 Å². The van der Waals surface area contributed by atoms with Gasteiger partial charge in [-0.25, -0.2) is 0 Å². The van der Waals surface area contributed by atoms with Crippen LogP contribution < -0.4 is 0 Å². The molecular formula is C13H18O3S. The summed E-state index contributed by atoms with van der Waals surface area (Å²) in [5, 5.41) is 8.46. The van der Waals surface area contributed by atoms with Crippen LogP contribution in [0, 0.1) is 0 Å². The molecule has 1 heterocycles. The predicted octanol–water partition coefficient (Wildman–Crippen LogP) is 3.53. The first-order valence-electron chi connectivity index (χ1n) is 5.98. The first kappa shape index (κ1) is 13.9. The molecule has 0 bridgehead atoms. The minimum absolute atomic E-state index is 0.285. The quantitative estimate of drug-likeness (QED) is 0.542. The van der Waals surface area contributed by atoms with E-state index < -0.39 is 5.97 Å². The monoisotopic (exact) mass is 254 g/mol. The van der Waals surface area contributed by atoms with E-state index in [1.807, 2.05) is 12.1 Å². The number of unbranched alkanes of at least 4 members (excludes halogenated alkanes) is 4. The topological polar surface area (TPSA) is 54.4 Å². The Balaban J connectivity index is 2.00. The standard InChI is InChI=1S/C13H18O3S/c14-10-12-9-8-11(17-12)6-4-2-1-3-5-7-13(15)16/h8-10H,1-7H2,(H,15,16). The average molecular weight is 254 g/mol. The van der Waals surface area contributed by atoms with Gasteiger partial charge in [0.25, 0.3) is 0 Å². The Labute approximate surface area is 105 Å². The Kier molecular flexibility index (Phi) is 6.55. The summed E-state index contributed by atoms with van der Waals surface area (Å²) >= 11 is 1.56. The van der Waals surface area contributed by atoms with Crippen LogP contribution in [0.4, 0.5) is 0 Å². The van der Waals surface area contributed by atoms with E-state index in [0.29, 0.717) is 0 Å². The van der Waals surface area contributed by atoms with Gasteiger partial charge >= 0.3 is 5.97 Å². The van der Waals surface area contributed by atoms with Crippen LogP contribution in [-0.4, -0.2) is 17.4 Å². The maximum absolute atomic E-state index is 10.5. The van der Waals surface area contributed by atoms with Crippen molar-refractivity contribution in [1.82, 2.24) is 0 Å². The van der Waals surface area contributed by atoms with Crippen LogP contribution in [-0.2, 0) is 11.2 Å². The van der Waals surface area contributed by atoms with Crippen molar-refractivity contribution < 1.29 is 14.7 Å². The number of aldehydes is 1. The molecule has 3 nitrogen and oxygen atoms in total. The van der Waals surface area contributed by atoms with Crippen molar-refractivity contribution >= 4 is 23.6 Å². The van der Waals surface area contributed by atoms with Crippen LogP contribution in [0.1, 0.15) is 53.1 Å². The highest BCUT2D eigenvalue weighted by molar-refractivity contribution is 7.13. The van der Waals surface area contributed by atoms with Crippen molar-refractivity contribution in [3.63, 3.8) is 0 Å². The molecule has 0 spiro atoms. The van der Waals surface area contributed by atoms with E-state index in [-0.39, 0.29) is 6.42 Å². The van der Waals surface area contributed by atoms with E-state index in [9.17, 15) is 9.59 Å². The fourth-order valence-electron chi connectivity index (χ4n) is 1.70. The molecule has 1 aromatic rings. The molecule has 0 unspecified atom stereocenters. The Morgan fingerprint density at radius 2 is 1.88 bits per heavy atom. The van der Waals surface area contributed by atoms with E-state index in [1.165, 1.54) is 4.88 Å². The number of thiophene rings is 1. The number of carboxylic acid groups (broad SMARTS) is 1. The number of aliphatic carboxylic acids is 1. The van der Waals surface area contributed by atoms with Gasteiger partial charge in [-0.1, -0.05) is 19.3 Å². The lowest BCUT2D eigenvalue weighted by atomic mass is 10.1. The molecule has 0 amide bonds. The van der Waals surface area contributed by atoms with Crippen LogP contribution in [0.5, 0.6) is 0 Å². The molecule has 1 N–H and O–H groups in total. The molecule has 0 aromatic carbocycles. The van der Waals surface area contributed by atoms with Crippen molar-refractivity contribution in [3.05, 3.63) is 21.9 Å². The molecule has 1 rings (SSSR count). The molecule has 0 atom stereocenters. The summed E-state index contributed by atoms with van der Waals surface area (Å²) in [5.41, 5.74) is 0. The van der Waals surface area contributed by atoms with Crippen LogP contribution in [0.25, 0.3) is 0 Å². The Morgan fingerprint density at radius 1 is 1.18 bits per heavy atom. The summed E-state index contributed by atoms with van der Waals surface area (Å²) in [6.07, 6.45) is 7.32. The number of hydrogen-bond acceptors (Lipinski definition) is 3. The summed E-state index contributed by atoms with van der Waals surface area (Å²) in [7, 11) is 0. The van der Waals surface area contributed by atoms with Crippen molar-refractivity contribution in [2.45, 2.75) is 44.9 Å². The Morgan fingerprint density at radius 3 is 2.53 bits per heavy atom. The normalized spacial score (nSPS) is 10.4. The first-order valence-corrected chi connectivity index (χ1v) is 6.79. The summed E-state index contributed by atoms with van der Waals surface area (Å²) < 4.78 is 0. The predicted molar refractivity (Wildman–Crippen MR) is 68.7 cm³/mol. The highest BCUT2D eigenvalue weighted by Gasteiger charge is 2.00. The van der Waals surface area contributed by atoms with E-state index in [2.05, 4.69) is 0 Å². The average Bonchev–Trinajstić information content (AvgIpc) is 2.75. The van der Waals surface area contributed by atoms with E-state index in [0.717, 1.165) is 49.7 Å². The number of aryl methyl sites for hydroxylation is 1. The van der Waals surface area contributed by atoms with Gasteiger partial charge < -0.3 is 5.11 Å². The Hall–Kier alpha value is -1.16. The summed E-state index contributed by atoms with van der Waals surface area (Å²) in [6, 6.07) is 3.87. The van der Waals surface area contributed by atoms with Crippen molar-refractivity contribution in [2.24, 2.45) is 0 Å². The van der Waals surface area contributed by atoms with Crippen molar-refractivity contribution in [1.29, 1.82) is 0 Å². The minimum atomic E-state index is -0.704. The van der Waals surface area contributed by atoms with E-state index in [1.54, 1.807) is 11.3 Å². The molecular weight excluding hydrogens is 236 g/mol. The summed E-state index contributed by atoms with van der Waals surface area (Å²) in [6.45, 7) is 0.